The van der Waals surface area contributed by atoms with E-state index in [9.17, 15) is 13.2 Å². The van der Waals surface area contributed by atoms with E-state index in [1.54, 1.807) is 4.57 Å². The number of rotatable bonds is 8. The van der Waals surface area contributed by atoms with Crippen molar-refractivity contribution in [3.63, 3.8) is 0 Å². The standard InChI is InChI=1S/C21H30N4O4S/c1-4-24-14-20(23-15-24)30(27,28)25-11-5-6-18(13-25)21(26)22-12-17-7-9-19(10-8-17)29-16(2)3/h7-10,14-16,18H,4-6,11-13H2,1-3H3,(H,22,26). The number of hydrogen-bond donors (Lipinski definition) is 1. The summed E-state index contributed by atoms with van der Waals surface area (Å²) in [6.07, 6.45) is 4.47. The number of sulfonamides is 1. The van der Waals surface area contributed by atoms with Crippen LogP contribution in [0.1, 0.15) is 39.2 Å². The molecule has 1 unspecified atom stereocenters. The molecule has 1 aromatic heterocycles. The van der Waals surface area contributed by atoms with Crippen molar-refractivity contribution in [1.82, 2.24) is 19.2 Å². The van der Waals surface area contributed by atoms with E-state index in [-0.39, 0.29) is 29.5 Å². The zero-order chi connectivity index (χ0) is 21.7. The van der Waals surface area contributed by atoms with Gasteiger partial charge in [-0.05, 0) is 51.3 Å². The Hall–Kier alpha value is -2.39. The van der Waals surface area contributed by atoms with Crippen LogP contribution < -0.4 is 10.1 Å². The molecular formula is C21H30N4O4S. The third-order valence-electron chi connectivity index (χ3n) is 5.10. The minimum atomic E-state index is -3.69. The Morgan fingerprint density at radius 3 is 2.67 bits per heavy atom. The van der Waals surface area contributed by atoms with E-state index < -0.39 is 10.0 Å². The van der Waals surface area contributed by atoms with E-state index in [1.807, 2.05) is 45.0 Å². The van der Waals surface area contributed by atoms with Crippen molar-refractivity contribution < 1.29 is 17.9 Å². The maximum absolute atomic E-state index is 12.9. The van der Waals surface area contributed by atoms with Crippen LogP contribution in [0.2, 0.25) is 0 Å². The number of ether oxygens (including phenoxy) is 1. The fourth-order valence-electron chi connectivity index (χ4n) is 3.44. The van der Waals surface area contributed by atoms with E-state index in [2.05, 4.69) is 10.3 Å². The van der Waals surface area contributed by atoms with Gasteiger partial charge in [-0.1, -0.05) is 12.1 Å². The van der Waals surface area contributed by atoms with Crippen molar-refractivity contribution in [1.29, 1.82) is 0 Å². The highest BCUT2D eigenvalue weighted by Crippen LogP contribution is 2.23. The van der Waals surface area contributed by atoms with E-state index in [0.717, 1.165) is 11.3 Å². The fraction of sp³-hybridized carbons (Fsp3) is 0.524. The van der Waals surface area contributed by atoms with Gasteiger partial charge >= 0.3 is 0 Å². The van der Waals surface area contributed by atoms with E-state index in [0.29, 0.717) is 32.5 Å². The first kappa shape index (κ1) is 22.3. The quantitative estimate of drug-likeness (QED) is 0.689. The SMILES string of the molecule is CCn1cnc(S(=O)(=O)N2CCCC(C(=O)NCc3ccc(OC(C)C)cc3)C2)c1. The highest BCUT2D eigenvalue weighted by atomic mass is 32.2. The van der Waals surface area contributed by atoms with Crippen LogP contribution in [-0.2, 0) is 27.9 Å². The fourth-order valence-corrected chi connectivity index (χ4v) is 4.90. The number of carbonyl (C=O) groups is 1. The van der Waals surface area contributed by atoms with Gasteiger partial charge in [0.05, 0.1) is 18.3 Å². The van der Waals surface area contributed by atoms with E-state index in [4.69, 9.17) is 4.74 Å². The number of hydrogen-bond acceptors (Lipinski definition) is 5. The topological polar surface area (TPSA) is 93.5 Å². The molecule has 1 aromatic carbocycles. The molecule has 1 fully saturated rings. The number of nitrogens with zero attached hydrogens (tertiary/aromatic N) is 3. The molecule has 0 saturated carbocycles. The van der Waals surface area contributed by atoms with E-state index >= 15 is 0 Å². The number of carbonyl (C=O) groups excluding carboxylic acids is 1. The van der Waals surface area contributed by atoms with E-state index in [1.165, 1.54) is 16.8 Å². The molecule has 3 rings (SSSR count). The number of amides is 1. The molecule has 0 bridgehead atoms. The molecule has 1 aliphatic heterocycles. The molecular weight excluding hydrogens is 404 g/mol. The van der Waals surface area contributed by atoms with Crippen molar-refractivity contribution in [2.45, 2.75) is 57.8 Å². The van der Waals surface area contributed by atoms with Gasteiger partial charge in [0.25, 0.3) is 10.0 Å². The average Bonchev–Trinajstić information content (AvgIpc) is 3.23. The summed E-state index contributed by atoms with van der Waals surface area (Å²) in [5.74, 6) is 0.292. The van der Waals surface area contributed by atoms with Gasteiger partial charge in [0, 0.05) is 32.4 Å². The van der Waals surface area contributed by atoms with Gasteiger partial charge in [-0.2, -0.15) is 4.31 Å². The predicted molar refractivity (Wildman–Crippen MR) is 113 cm³/mol. The molecule has 2 aromatic rings. The molecule has 30 heavy (non-hydrogen) atoms. The van der Waals surface area contributed by atoms with Crippen molar-refractivity contribution in [2.75, 3.05) is 13.1 Å². The van der Waals surface area contributed by atoms with Gasteiger partial charge in [-0.25, -0.2) is 13.4 Å². The molecule has 1 aliphatic rings. The van der Waals surface area contributed by atoms with Crippen LogP contribution in [0.25, 0.3) is 0 Å². The molecule has 1 atom stereocenters. The third-order valence-corrected chi connectivity index (χ3v) is 6.85. The van der Waals surface area contributed by atoms with Gasteiger partial charge in [-0.3, -0.25) is 4.79 Å². The van der Waals surface area contributed by atoms with Crippen LogP contribution in [-0.4, -0.2) is 47.4 Å². The molecule has 2 heterocycles. The van der Waals surface area contributed by atoms with Gasteiger partial charge < -0.3 is 14.6 Å². The molecule has 9 heteroatoms. The predicted octanol–water partition coefficient (Wildman–Crippen LogP) is 2.41. The third kappa shape index (κ3) is 5.40. The summed E-state index contributed by atoms with van der Waals surface area (Å²) in [5.41, 5.74) is 0.963. The Balaban J connectivity index is 1.57. The number of aryl methyl sites for hydroxylation is 1. The number of piperidine rings is 1. The van der Waals surface area contributed by atoms with Gasteiger partial charge in [0.15, 0.2) is 5.03 Å². The molecule has 1 saturated heterocycles. The normalized spacial score (nSPS) is 17.8. The Morgan fingerprint density at radius 2 is 2.03 bits per heavy atom. The zero-order valence-corrected chi connectivity index (χ0v) is 18.6. The summed E-state index contributed by atoms with van der Waals surface area (Å²) >= 11 is 0. The summed E-state index contributed by atoms with van der Waals surface area (Å²) in [6, 6.07) is 7.59. The summed E-state index contributed by atoms with van der Waals surface area (Å²) in [6.45, 7) is 7.48. The molecule has 1 N–H and O–H groups in total. The maximum Gasteiger partial charge on any atom is 0.262 e. The van der Waals surface area contributed by atoms with Gasteiger partial charge in [-0.15, -0.1) is 0 Å². The average molecular weight is 435 g/mol. The number of imidazole rings is 1. The Kier molecular flexibility index (Phi) is 7.14. The highest BCUT2D eigenvalue weighted by Gasteiger charge is 2.34. The molecule has 0 aliphatic carbocycles. The van der Waals surface area contributed by atoms with Crippen LogP contribution in [0.5, 0.6) is 5.75 Å². The summed E-state index contributed by atoms with van der Waals surface area (Å²) < 4.78 is 34.5. The number of benzene rings is 1. The number of nitrogens with one attached hydrogen (secondary N) is 1. The molecule has 8 nitrogen and oxygen atoms in total. The lowest BCUT2D eigenvalue weighted by Gasteiger charge is -2.30. The minimum Gasteiger partial charge on any atom is -0.491 e. The van der Waals surface area contributed by atoms with Crippen molar-refractivity contribution in [3.8, 4) is 5.75 Å². The van der Waals surface area contributed by atoms with Crippen LogP contribution >= 0.6 is 0 Å². The molecule has 0 spiro atoms. The first-order valence-electron chi connectivity index (χ1n) is 10.3. The van der Waals surface area contributed by atoms with Crippen LogP contribution in [0.15, 0.2) is 41.8 Å². The first-order chi connectivity index (χ1) is 14.3. The molecule has 0 radical (unpaired) electrons. The van der Waals surface area contributed by atoms with Gasteiger partial charge in [0.2, 0.25) is 5.91 Å². The maximum atomic E-state index is 12.9. The highest BCUT2D eigenvalue weighted by molar-refractivity contribution is 7.89. The lowest BCUT2D eigenvalue weighted by Crippen LogP contribution is -2.45. The lowest BCUT2D eigenvalue weighted by atomic mass is 9.99. The smallest absolute Gasteiger partial charge is 0.262 e. The second kappa shape index (κ2) is 9.61. The largest absolute Gasteiger partial charge is 0.491 e. The summed E-state index contributed by atoms with van der Waals surface area (Å²) in [5, 5.41) is 2.97. The monoisotopic (exact) mass is 434 g/mol. The first-order valence-corrected chi connectivity index (χ1v) is 11.8. The van der Waals surface area contributed by atoms with Crippen LogP contribution in [0.3, 0.4) is 0 Å². The van der Waals surface area contributed by atoms with Crippen LogP contribution in [0.4, 0.5) is 0 Å². The lowest BCUT2D eigenvalue weighted by molar-refractivity contribution is -0.126. The van der Waals surface area contributed by atoms with Gasteiger partial charge in [0.1, 0.15) is 5.75 Å². The van der Waals surface area contributed by atoms with Crippen LogP contribution in [0, 0.1) is 5.92 Å². The molecule has 1 amide bonds. The Labute approximate surface area is 178 Å². The minimum absolute atomic E-state index is 0.0362. The van der Waals surface area contributed by atoms with Crippen molar-refractivity contribution >= 4 is 15.9 Å². The van der Waals surface area contributed by atoms with Crippen molar-refractivity contribution in [3.05, 3.63) is 42.4 Å². The second-order valence-corrected chi connectivity index (χ2v) is 9.66. The number of aromatic nitrogens is 2. The zero-order valence-electron chi connectivity index (χ0n) is 17.7. The summed E-state index contributed by atoms with van der Waals surface area (Å²) in [7, 11) is -3.69. The summed E-state index contributed by atoms with van der Waals surface area (Å²) in [4.78, 5) is 16.7. The molecule has 164 valence electrons. The van der Waals surface area contributed by atoms with Crippen molar-refractivity contribution in [2.24, 2.45) is 5.92 Å². The second-order valence-electron chi connectivity index (χ2n) is 7.77. The Morgan fingerprint density at radius 1 is 1.30 bits per heavy atom. The Bertz CT molecular complexity index is 954.